The van der Waals surface area contributed by atoms with Crippen LogP contribution in [0.5, 0.6) is 0 Å². The summed E-state index contributed by atoms with van der Waals surface area (Å²) in [5, 5.41) is 3.41. The van der Waals surface area contributed by atoms with Crippen molar-refractivity contribution in [3.05, 3.63) is 91.3 Å². The molecule has 0 N–H and O–H groups in total. The van der Waals surface area contributed by atoms with Crippen molar-refractivity contribution in [3.63, 3.8) is 0 Å². The average molecular weight is 361 g/mol. The van der Waals surface area contributed by atoms with Gasteiger partial charge in [0.05, 0.1) is 17.3 Å². The van der Waals surface area contributed by atoms with E-state index in [1.165, 1.54) is 5.39 Å². The Bertz CT molecular complexity index is 1460. The minimum Gasteiger partial charge on any atom is -0.462 e. The second-order valence-corrected chi connectivity index (χ2v) is 6.76. The highest BCUT2D eigenvalue weighted by atomic mass is 16.3. The number of para-hydroxylation sites is 1. The van der Waals surface area contributed by atoms with Crippen molar-refractivity contribution in [1.82, 2.24) is 14.5 Å². The van der Waals surface area contributed by atoms with E-state index in [9.17, 15) is 0 Å². The lowest BCUT2D eigenvalue weighted by molar-refractivity contribution is 0.618. The maximum atomic E-state index is 5.87. The maximum Gasteiger partial charge on any atom is 0.161 e. The Morgan fingerprint density at radius 1 is 0.750 bits per heavy atom. The molecule has 6 aromatic rings. The van der Waals surface area contributed by atoms with Crippen molar-refractivity contribution in [3.8, 4) is 17.2 Å². The molecule has 28 heavy (non-hydrogen) atoms. The largest absolute Gasteiger partial charge is 0.462 e. The molecule has 0 unspecified atom stereocenters. The molecule has 0 aliphatic heterocycles. The van der Waals surface area contributed by atoms with E-state index in [2.05, 4.69) is 45.9 Å². The zero-order chi connectivity index (χ0) is 18.5. The van der Waals surface area contributed by atoms with Gasteiger partial charge in [0.1, 0.15) is 5.82 Å². The summed E-state index contributed by atoms with van der Waals surface area (Å²) in [5.41, 5.74) is 3.99. The SMILES string of the molecule is c1ccc(-c2nccc(-n3c4ccccc4c4ccc5ccoc5c43)n2)cc1. The van der Waals surface area contributed by atoms with Crippen LogP contribution < -0.4 is 0 Å². The van der Waals surface area contributed by atoms with E-state index in [0.29, 0.717) is 5.82 Å². The summed E-state index contributed by atoms with van der Waals surface area (Å²) >= 11 is 0. The molecule has 6 rings (SSSR count). The Morgan fingerprint density at radius 3 is 2.54 bits per heavy atom. The molecule has 132 valence electrons. The molecular formula is C24H15N3O. The van der Waals surface area contributed by atoms with Gasteiger partial charge in [-0.15, -0.1) is 0 Å². The van der Waals surface area contributed by atoms with Crippen molar-refractivity contribution >= 4 is 32.8 Å². The number of nitrogens with zero attached hydrogens (tertiary/aromatic N) is 3. The first-order valence-electron chi connectivity index (χ1n) is 9.18. The van der Waals surface area contributed by atoms with Crippen LogP contribution in [0, 0.1) is 0 Å². The summed E-state index contributed by atoms with van der Waals surface area (Å²) in [4.78, 5) is 9.37. The van der Waals surface area contributed by atoms with E-state index in [1.54, 1.807) is 6.26 Å². The maximum absolute atomic E-state index is 5.87. The fraction of sp³-hybridized carbons (Fsp3) is 0. The Kier molecular flexibility index (Phi) is 3.14. The molecule has 0 radical (unpaired) electrons. The summed E-state index contributed by atoms with van der Waals surface area (Å²) in [6.45, 7) is 0. The molecule has 0 amide bonds. The summed E-state index contributed by atoms with van der Waals surface area (Å²) in [6, 6.07) is 26.6. The summed E-state index contributed by atoms with van der Waals surface area (Å²) in [5.74, 6) is 1.53. The topological polar surface area (TPSA) is 43.9 Å². The van der Waals surface area contributed by atoms with E-state index in [1.807, 2.05) is 48.7 Å². The van der Waals surface area contributed by atoms with Gasteiger partial charge in [-0.05, 0) is 18.2 Å². The molecule has 0 aliphatic rings. The fourth-order valence-electron chi connectivity index (χ4n) is 3.91. The molecule has 3 aromatic heterocycles. The van der Waals surface area contributed by atoms with Crippen LogP contribution in [-0.2, 0) is 0 Å². The lowest BCUT2D eigenvalue weighted by Gasteiger charge is -2.08. The van der Waals surface area contributed by atoms with E-state index < -0.39 is 0 Å². The first-order valence-corrected chi connectivity index (χ1v) is 9.18. The number of hydrogen-bond donors (Lipinski definition) is 0. The third kappa shape index (κ3) is 2.12. The molecule has 3 heterocycles. The molecule has 4 heteroatoms. The van der Waals surface area contributed by atoms with Gasteiger partial charge < -0.3 is 4.42 Å². The molecule has 0 saturated heterocycles. The van der Waals surface area contributed by atoms with Crippen molar-refractivity contribution < 1.29 is 4.42 Å². The van der Waals surface area contributed by atoms with Crippen LogP contribution in [-0.4, -0.2) is 14.5 Å². The highest BCUT2D eigenvalue weighted by molar-refractivity contribution is 6.16. The summed E-state index contributed by atoms with van der Waals surface area (Å²) < 4.78 is 8.04. The number of benzene rings is 3. The molecule has 0 aliphatic carbocycles. The Balaban J connectivity index is 1.73. The number of hydrogen-bond acceptors (Lipinski definition) is 3. The van der Waals surface area contributed by atoms with Crippen molar-refractivity contribution in [2.24, 2.45) is 0 Å². The number of aromatic nitrogens is 3. The Labute approximate surface area is 160 Å². The van der Waals surface area contributed by atoms with Gasteiger partial charge in [0.25, 0.3) is 0 Å². The van der Waals surface area contributed by atoms with Gasteiger partial charge in [0.15, 0.2) is 11.4 Å². The standard InChI is InChI=1S/C24H15N3O/c1-2-6-17(7-3-1)24-25-14-12-21(26-24)27-20-9-5-4-8-18(20)19-11-10-16-13-15-28-23(16)22(19)27/h1-15H. The highest BCUT2D eigenvalue weighted by Gasteiger charge is 2.17. The zero-order valence-electron chi connectivity index (χ0n) is 14.9. The van der Waals surface area contributed by atoms with Crippen molar-refractivity contribution in [2.45, 2.75) is 0 Å². The first kappa shape index (κ1) is 15.2. The van der Waals surface area contributed by atoms with Crippen LogP contribution in [0.15, 0.2) is 95.7 Å². The van der Waals surface area contributed by atoms with Gasteiger partial charge >= 0.3 is 0 Å². The number of rotatable bonds is 2. The minimum atomic E-state index is 0.704. The van der Waals surface area contributed by atoms with E-state index in [-0.39, 0.29) is 0 Å². The molecule has 0 spiro atoms. The van der Waals surface area contributed by atoms with Gasteiger partial charge in [-0.25, -0.2) is 9.97 Å². The van der Waals surface area contributed by atoms with E-state index in [0.717, 1.165) is 38.8 Å². The third-order valence-corrected chi connectivity index (χ3v) is 5.16. The average Bonchev–Trinajstić information content (AvgIpc) is 3.37. The molecular weight excluding hydrogens is 346 g/mol. The number of furan rings is 1. The van der Waals surface area contributed by atoms with Gasteiger partial charge in [-0.2, -0.15) is 0 Å². The van der Waals surface area contributed by atoms with Gasteiger partial charge in [-0.3, -0.25) is 4.57 Å². The molecule has 4 nitrogen and oxygen atoms in total. The predicted octanol–water partition coefficient (Wildman–Crippen LogP) is 5.99. The normalized spacial score (nSPS) is 11.6. The Hall–Kier alpha value is -3.92. The van der Waals surface area contributed by atoms with Gasteiger partial charge in [-0.1, -0.05) is 60.7 Å². The monoisotopic (exact) mass is 361 g/mol. The Morgan fingerprint density at radius 2 is 1.61 bits per heavy atom. The highest BCUT2D eigenvalue weighted by Crippen LogP contribution is 2.36. The summed E-state index contributed by atoms with van der Waals surface area (Å²) in [7, 11) is 0. The predicted molar refractivity (Wildman–Crippen MR) is 112 cm³/mol. The van der Waals surface area contributed by atoms with Crippen LogP contribution in [0.3, 0.4) is 0 Å². The minimum absolute atomic E-state index is 0.704. The molecule has 3 aromatic carbocycles. The van der Waals surface area contributed by atoms with Crippen molar-refractivity contribution in [2.75, 3.05) is 0 Å². The molecule has 0 bridgehead atoms. The van der Waals surface area contributed by atoms with Crippen LogP contribution in [0.1, 0.15) is 0 Å². The lowest BCUT2D eigenvalue weighted by Crippen LogP contribution is -2.00. The van der Waals surface area contributed by atoms with E-state index in [4.69, 9.17) is 9.40 Å². The van der Waals surface area contributed by atoms with Gasteiger partial charge in [0.2, 0.25) is 0 Å². The third-order valence-electron chi connectivity index (χ3n) is 5.16. The van der Waals surface area contributed by atoms with E-state index >= 15 is 0 Å². The quantitative estimate of drug-likeness (QED) is 0.381. The van der Waals surface area contributed by atoms with Crippen LogP contribution >= 0.6 is 0 Å². The van der Waals surface area contributed by atoms with Crippen LogP contribution in [0.25, 0.3) is 50.0 Å². The zero-order valence-corrected chi connectivity index (χ0v) is 14.9. The second-order valence-electron chi connectivity index (χ2n) is 6.76. The fourth-order valence-corrected chi connectivity index (χ4v) is 3.91. The molecule has 0 fully saturated rings. The first-order chi connectivity index (χ1) is 13.9. The van der Waals surface area contributed by atoms with Gasteiger partial charge in [0, 0.05) is 27.9 Å². The second kappa shape index (κ2) is 5.79. The lowest BCUT2D eigenvalue weighted by atomic mass is 10.1. The van der Waals surface area contributed by atoms with Crippen LogP contribution in [0.4, 0.5) is 0 Å². The molecule has 0 atom stereocenters. The van der Waals surface area contributed by atoms with Crippen LogP contribution in [0.2, 0.25) is 0 Å². The smallest absolute Gasteiger partial charge is 0.161 e. The number of fused-ring (bicyclic) bond motifs is 5. The van der Waals surface area contributed by atoms with Crippen molar-refractivity contribution in [1.29, 1.82) is 0 Å². The molecule has 0 saturated carbocycles. The summed E-state index contributed by atoms with van der Waals surface area (Å²) in [6.07, 6.45) is 3.55.